The molecular weight excluding hydrogens is 194 g/mol. The molecular formula is C15H19N. The van der Waals surface area contributed by atoms with Crippen LogP contribution in [0.2, 0.25) is 0 Å². The molecule has 1 aromatic heterocycles. The minimum absolute atomic E-state index is 0.254. The van der Waals surface area contributed by atoms with Gasteiger partial charge in [-0.15, -0.1) is 0 Å². The maximum Gasteiger partial charge on any atom is 0.0485 e. The second-order valence-corrected chi connectivity index (χ2v) is 5.84. The molecule has 0 bridgehead atoms. The van der Waals surface area contributed by atoms with Crippen LogP contribution in [0.1, 0.15) is 38.4 Å². The average Bonchev–Trinajstić information content (AvgIpc) is 2.73. The van der Waals surface area contributed by atoms with E-state index in [0.717, 1.165) is 0 Å². The highest BCUT2D eigenvalue weighted by Gasteiger charge is 2.27. The summed E-state index contributed by atoms with van der Waals surface area (Å²) in [6.07, 6.45) is 2.56. The van der Waals surface area contributed by atoms with Gasteiger partial charge in [-0.25, -0.2) is 0 Å². The van der Waals surface area contributed by atoms with Gasteiger partial charge in [-0.3, -0.25) is 0 Å². The van der Waals surface area contributed by atoms with Crippen LogP contribution in [-0.4, -0.2) is 4.57 Å². The van der Waals surface area contributed by atoms with Gasteiger partial charge < -0.3 is 4.57 Å². The number of hydrogen-bond acceptors (Lipinski definition) is 0. The second-order valence-electron chi connectivity index (χ2n) is 5.84. The predicted molar refractivity (Wildman–Crippen MR) is 69.0 cm³/mol. The van der Waals surface area contributed by atoms with Crippen LogP contribution >= 0.6 is 0 Å². The molecule has 1 aliphatic rings. The van der Waals surface area contributed by atoms with Crippen molar-refractivity contribution in [1.29, 1.82) is 0 Å². The molecule has 1 aliphatic heterocycles. The fraction of sp³-hybridized carbons (Fsp3) is 0.467. The van der Waals surface area contributed by atoms with Crippen molar-refractivity contribution in [2.45, 2.75) is 45.6 Å². The second kappa shape index (κ2) is 3.13. The molecule has 0 spiro atoms. The number of rotatable bonds is 0. The number of benzene rings is 1. The van der Waals surface area contributed by atoms with E-state index in [1.165, 1.54) is 30.3 Å². The van der Waals surface area contributed by atoms with E-state index in [9.17, 15) is 0 Å². The molecule has 0 radical (unpaired) electrons. The van der Waals surface area contributed by atoms with Gasteiger partial charge in [-0.05, 0) is 29.9 Å². The van der Waals surface area contributed by atoms with E-state index in [0.29, 0.717) is 0 Å². The molecule has 3 rings (SSSR count). The molecule has 0 unspecified atom stereocenters. The Morgan fingerprint density at radius 1 is 1.12 bits per heavy atom. The van der Waals surface area contributed by atoms with Crippen molar-refractivity contribution in [3.8, 4) is 0 Å². The fourth-order valence-corrected chi connectivity index (χ4v) is 3.11. The molecule has 0 atom stereocenters. The lowest BCUT2D eigenvalue weighted by atomic mass is 9.84. The SMILES string of the molecule is CC(C)(C)c1c2n(c3ccccc13)CCC2. The van der Waals surface area contributed by atoms with Crippen LogP contribution in [0.15, 0.2) is 24.3 Å². The first-order chi connectivity index (χ1) is 7.59. The Hall–Kier alpha value is -1.24. The maximum absolute atomic E-state index is 2.52. The zero-order chi connectivity index (χ0) is 11.3. The minimum Gasteiger partial charge on any atom is -0.344 e. The summed E-state index contributed by atoms with van der Waals surface area (Å²) in [5.74, 6) is 0. The quantitative estimate of drug-likeness (QED) is 0.625. The third-order valence-electron chi connectivity index (χ3n) is 3.62. The first kappa shape index (κ1) is 9.95. The predicted octanol–water partition coefficient (Wildman–Crippen LogP) is 3.89. The molecule has 0 aliphatic carbocycles. The molecule has 2 heterocycles. The largest absolute Gasteiger partial charge is 0.344 e. The Kier molecular flexibility index (Phi) is 1.95. The topological polar surface area (TPSA) is 4.93 Å². The Bertz CT molecular complexity index is 540. The summed E-state index contributed by atoms with van der Waals surface area (Å²) in [4.78, 5) is 0. The molecule has 84 valence electrons. The molecule has 0 N–H and O–H groups in total. The Morgan fingerprint density at radius 3 is 2.62 bits per heavy atom. The summed E-state index contributed by atoms with van der Waals surface area (Å²) in [6, 6.07) is 8.86. The van der Waals surface area contributed by atoms with Crippen LogP contribution in [0, 0.1) is 0 Å². The van der Waals surface area contributed by atoms with Crippen molar-refractivity contribution in [1.82, 2.24) is 4.57 Å². The highest BCUT2D eigenvalue weighted by atomic mass is 15.0. The summed E-state index contributed by atoms with van der Waals surface area (Å²) in [5, 5.41) is 1.46. The Balaban J connectivity index is 2.42. The Morgan fingerprint density at radius 2 is 1.88 bits per heavy atom. The maximum atomic E-state index is 2.52. The number of para-hydroxylation sites is 1. The van der Waals surface area contributed by atoms with Crippen LogP contribution in [-0.2, 0) is 18.4 Å². The van der Waals surface area contributed by atoms with Crippen molar-refractivity contribution < 1.29 is 0 Å². The molecule has 2 aromatic rings. The zero-order valence-corrected chi connectivity index (χ0v) is 10.4. The summed E-state index contributed by atoms with van der Waals surface area (Å²) < 4.78 is 2.52. The molecule has 1 aromatic carbocycles. The third-order valence-corrected chi connectivity index (χ3v) is 3.62. The normalized spacial score (nSPS) is 15.7. The monoisotopic (exact) mass is 213 g/mol. The molecule has 16 heavy (non-hydrogen) atoms. The van der Waals surface area contributed by atoms with Gasteiger partial charge in [0.15, 0.2) is 0 Å². The van der Waals surface area contributed by atoms with Crippen LogP contribution in [0.4, 0.5) is 0 Å². The molecule has 0 saturated carbocycles. The number of hydrogen-bond donors (Lipinski definition) is 0. The van der Waals surface area contributed by atoms with Crippen molar-refractivity contribution in [2.75, 3.05) is 0 Å². The van der Waals surface area contributed by atoms with E-state index in [1.807, 2.05) is 0 Å². The van der Waals surface area contributed by atoms with Crippen LogP contribution in [0.3, 0.4) is 0 Å². The van der Waals surface area contributed by atoms with Gasteiger partial charge in [0.1, 0.15) is 0 Å². The summed E-state index contributed by atoms with van der Waals surface area (Å²) >= 11 is 0. The van der Waals surface area contributed by atoms with Gasteiger partial charge in [-0.2, -0.15) is 0 Å². The minimum atomic E-state index is 0.254. The summed E-state index contributed by atoms with van der Waals surface area (Å²) in [5.41, 5.74) is 4.83. The van der Waals surface area contributed by atoms with Crippen LogP contribution in [0.5, 0.6) is 0 Å². The lowest BCUT2D eigenvalue weighted by molar-refractivity contribution is 0.587. The Labute approximate surface area is 97.1 Å². The molecule has 0 saturated heterocycles. The first-order valence-electron chi connectivity index (χ1n) is 6.19. The van der Waals surface area contributed by atoms with Crippen molar-refractivity contribution in [3.63, 3.8) is 0 Å². The highest BCUT2D eigenvalue weighted by molar-refractivity contribution is 5.87. The summed E-state index contributed by atoms with van der Waals surface area (Å²) in [7, 11) is 0. The number of aryl methyl sites for hydroxylation is 1. The molecule has 1 heteroatoms. The number of aromatic nitrogens is 1. The van der Waals surface area contributed by atoms with Crippen LogP contribution < -0.4 is 0 Å². The van der Waals surface area contributed by atoms with Crippen LogP contribution in [0.25, 0.3) is 10.9 Å². The van der Waals surface area contributed by atoms with E-state index in [4.69, 9.17) is 0 Å². The van der Waals surface area contributed by atoms with E-state index in [1.54, 1.807) is 11.3 Å². The van der Waals surface area contributed by atoms with Gasteiger partial charge in [0.25, 0.3) is 0 Å². The van der Waals surface area contributed by atoms with Gasteiger partial charge in [0.05, 0.1) is 0 Å². The molecule has 0 amide bonds. The van der Waals surface area contributed by atoms with Crippen molar-refractivity contribution in [2.24, 2.45) is 0 Å². The number of nitrogens with zero attached hydrogens (tertiary/aromatic N) is 1. The standard InChI is InChI=1S/C15H19N/c1-15(2,3)14-11-7-4-5-8-12(11)16-10-6-9-13(14)16/h4-5,7-8H,6,9-10H2,1-3H3. The number of fused-ring (bicyclic) bond motifs is 3. The third kappa shape index (κ3) is 1.24. The highest BCUT2D eigenvalue weighted by Crippen LogP contribution is 2.38. The summed E-state index contributed by atoms with van der Waals surface area (Å²) in [6.45, 7) is 8.18. The lowest BCUT2D eigenvalue weighted by Gasteiger charge is -2.20. The molecule has 0 fully saturated rings. The van der Waals surface area contributed by atoms with E-state index >= 15 is 0 Å². The van der Waals surface area contributed by atoms with E-state index in [2.05, 4.69) is 49.6 Å². The van der Waals surface area contributed by atoms with E-state index in [-0.39, 0.29) is 5.41 Å². The zero-order valence-electron chi connectivity index (χ0n) is 10.4. The fourth-order valence-electron chi connectivity index (χ4n) is 3.11. The van der Waals surface area contributed by atoms with Gasteiger partial charge >= 0.3 is 0 Å². The van der Waals surface area contributed by atoms with Gasteiger partial charge in [-0.1, -0.05) is 39.0 Å². The smallest absolute Gasteiger partial charge is 0.0485 e. The van der Waals surface area contributed by atoms with Crippen molar-refractivity contribution >= 4 is 10.9 Å². The average molecular weight is 213 g/mol. The van der Waals surface area contributed by atoms with Gasteiger partial charge in [0.2, 0.25) is 0 Å². The van der Waals surface area contributed by atoms with Crippen molar-refractivity contribution in [3.05, 3.63) is 35.5 Å². The van der Waals surface area contributed by atoms with E-state index < -0.39 is 0 Å². The lowest BCUT2D eigenvalue weighted by Crippen LogP contribution is -2.13. The van der Waals surface area contributed by atoms with Gasteiger partial charge in [0, 0.05) is 23.1 Å². The first-order valence-corrected chi connectivity index (χ1v) is 6.19. The molecule has 1 nitrogen and oxygen atoms in total.